The number of nitrogens with zero attached hydrogens (tertiary/aromatic N) is 1. The number of rotatable bonds is 8. The molecule has 1 unspecified atom stereocenters. The van der Waals surface area contributed by atoms with E-state index in [9.17, 15) is 4.79 Å². The minimum absolute atomic E-state index is 0.329. The zero-order valence-corrected chi connectivity index (χ0v) is 10.6. The van der Waals surface area contributed by atoms with Gasteiger partial charge in [0.15, 0.2) is 0 Å². The van der Waals surface area contributed by atoms with Gasteiger partial charge in [-0.2, -0.15) is 0 Å². The normalized spacial score (nSPS) is 19.4. The van der Waals surface area contributed by atoms with Crippen molar-refractivity contribution in [2.75, 3.05) is 19.6 Å². The molecule has 1 rings (SSSR count). The smallest absolute Gasteiger partial charge is 0.303 e. The highest BCUT2D eigenvalue weighted by Crippen LogP contribution is 2.22. The van der Waals surface area contributed by atoms with Crippen LogP contribution in [-0.4, -0.2) is 35.6 Å². The number of aliphatic carboxylic acids is 1. The summed E-state index contributed by atoms with van der Waals surface area (Å²) < 4.78 is 0. The van der Waals surface area contributed by atoms with Crippen LogP contribution >= 0.6 is 0 Å². The van der Waals surface area contributed by atoms with Crippen LogP contribution in [-0.2, 0) is 4.79 Å². The van der Waals surface area contributed by atoms with Gasteiger partial charge in [-0.05, 0) is 31.2 Å². The van der Waals surface area contributed by atoms with Crippen molar-refractivity contribution in [3.8, 4) is 0 Å². The van der Waals surface area contributed by atoms with Crippen molar-refractivity contribution in [2.45, 2.75) is 46.0 Å². The Morgan fingerprint density at radius 1 is 1.38 bits per heavy atom. The number of carbonyl (C=O) groups is 1. The molecule has 1 saturated heterocycles. The van der Waals surface area contributed by atoms with Crippen molar-refractivity contribution in [2.24, 2.45) is 11.8 Å². The molecule has 0 amide bonds. The Hall–Kier alpha value is -0.570. The van der Waals surface area contributed by atoms with Crippen LogP contribution in [0.3, 0.4) is 0 Å². The Kier molecular flexibility index (Phi) is 5.81. The monoisotopic (exact) mass is 227 g/mol. The van der Waals surface area contributed by atoms with E-state index in [1.165, 1.54) is 25.9 Å². The van der Waals surface area contributed by atoms with Gasteiger partial charge in [-0.3, -0.25) is 4.79 Å². The lowest BCUT2D eigenvalue weighted by Gasteiger charge is -2.39. The molecule has 1 atom stereocenters. The van der Waals surface area contributed by atoms with E-state index in [4.69, 9.17) is 5.11 Å². The van der Waals surface area contributed by atoms with Gasteiger partial charge in [-0.15, -0.1) is 0 Å². The predicted molar refractivity (Wildman–Crippen MR) is 65.5 cm³/mol. The fourth-order valence-electron chi connectivity index (χ4n) is 2.36. The van der Waals surface area contributed by atoms with Crippen LogP contribution in [0.5, 0.6) is 0 Å². The summed E-state index contributed by atoms with van der Waals surface area (Å²) in [7, 11) is 0. The first kappa shape index (κ1) is 13.5. The van der Waals surface area contributed by atoms with E-state index in [0.29, 0.717) is 12.3 Å². The molecule has 0 radical (unpaired) electrons. The minimum atomic E-state index is -0.659. The highest BCUT2D eigenvalue weighted by atomic mass is 16.4. The molecule has 0 aromatic heterocycles. The van der Waals surface area contributed by atoms with Crippen molar-refractivity contribution in [3.63, 3.8) is 0 Å². The van der Waals surface area contributed by atoms with Gasteiger partial charge in [0.25, 0.3) is 0 Å². The van der Waals surface area contributed by atoms with Gasteiger partial charge in [-0.1, -0.05) is 26.7 Å². The van der Waals surface area contributed by atoms with Crippen LogP contribution in [0.4, 0.5) is 0 Å². The average molecular weight is 227 g/mol. The summed E-state index contributed by atoms with van der Waals surface area (Å²) in [6.07, 6.45) is 4.75. The van der Waals surface area contributed by atoms with E-state index in [1.807, 2.05) is 0 Å². The standard InChI is InChI=1S/C13H25NO2/c1-3-11(5-6-13(15)16)7-8-14-9-12(4-2)10-14/h11-12H,3-10H2,1-2H3,(H,15,16). The number of carboxylic acids is 1. The van der Waals surface area contributed by atoms with Crippen LogP contribution in [0.15, 0.2) is 0 Å². The van der Waals surface area contributed by atoms with Crippen LogP contribution in [0.2, 0.25) is 0 Å². The van der Waals surface area contributed by atoms with Crippen molar-refractivity contribution in [3.05, 3.63) is 0 Å². The Morgan fingerprint density at radius 2 is 2.06 bits per heavy atom. The van der Waals surface area contributed by atoms with Crippen molar-refractivity contribution < 1.29 is 9.90 Å². The molecule has 3 heteroatoms. The summed E-state index contributed by atoms with van der Waals surface area (Å²) >= 11 is 0. The van der Waals surface area contributed by atoms with Crippen LogP contribution in [0, 0.1) is 11.8 Å². The third-order valence-electron chi connectivity index (χ3n) is 3.81. The molecule has 1 aliphatic heterocycles. The number of likely N-dealkylation sites (tertiary alicyclic amines) is 1. The molecule has 0 bridgehead atoms. The van der Waals surface area contributed by atoms with Gasteiger partial charge in [-0.25, -0.2) is 0 Å². The molecular formula is C13H25NO2. The van der Waals surface area contributed by atoms with Crippen molar-refractivity contribution in [1.29, 1.82) is 0 Å². The Balaban J connectivity index is 2.07. The van der Waals surface area contributed by atoms with Gasteiger partial charge in [0, 0.05) is 19.5 Å². The van der Waals surface area contributed by atoms with E-state index in [1.54, 1.807) is 0 Å². The summed E-state index contributed by atoms with van der Waals surface area (Å²) in [4.78, 5) is 13.0. The average Bonchev–Trinajstić information content (AvgIpc) is 2.20. The third-order valence-corrected chi connectivity index (χ3v) is 3.81. The van der Waals surface area contributed by atoms with Crippen LogP contribution in [0.1, 0.15) is 46.0 Å². The molecule has 16 heavy (non-hydrogen) atoms. The van der Waals surface area contributed by atoms with E-state index >= 15 is 0 Å². The second kappa shape index (κ2) is 6.89. The zero-order valence-electron chi connectivity index (χ0n) is 10.6. The summed E-state index contributed by atoms with van der Waals surface area (Å²) in [5.41, 5.74) is 0. The molecule has 0 aliphatic carbocycles. The van der Waals surface area contributed by atoms with Gasteiger partial charge >= 0.3 is 5.97 Å². The zero-order chi connectivity index (χ0) is 12.0. The molecular weight excluding hydrogens is 202 g/mol. The topological polar surface area (TPSA) is 40.5 Å². The lowest BCUT2D eigenvalue weighted by atomic mass is 9.93. The molecule has 0 aromatic rings. The molecule has 1 heterocycles. The molecule has 0 saturated carbocycles. The van der Waals surface area contributed by atoms with E-state index in [0.717, 1.165) is 25.3 Å². The van der Waals surface area contributed by atoms with E-state index in [2.05, 4.69) is 18.7 Å². The maximum atomic E-state index is 10.5. The highest BCUT2D eigenvalue weighted by Gasteiger charge is 2.24. The van der Waals surface area contributed by atoms with E-state index < -0.39 is 5.97 Å². The van der Waals surface area contributed by atoms with Gasteiger partial charge in [0.05, 0.1) is 0 Å². The fraction of sp³-hybridized carbons (Fsp3) is 0.923. The first-order valence-electron chi connectivity index (χ1n) is 6.59. The highest BCUT2D eigenvalue weighted by molar-refractivity contribution is 5.66. The maximum absolute atomic E-state index is 10.5. The summed E-state index contributed by atoms with van der Waals surface area (Å²) in [6, 6.07) is 0. The van der Waals surface area contributed by atoms with Gasteiger partial charge in [0.1, 0.15) is 0 Å². The second-order valence-corrected chi connectivity index (χ2v) is 5.03. The number of hydrogen-bond donors (Lipinski definition) is 1. The first-order chi connectivity index (χ1) is 7.65. The molecule has 94 valence electrons. The summed E-state index contributed by atoms with van der Waals surface area (Å²) in [6.45, 7) is 8.09. The number of carboxylic acid groups (broad SMARTS) is 1. The van der Waals surface area contributed by atoms with Gasteiger partial charge < -0.3 is 10.0 Å². The van der Waals surface area contributed by atoms with Gasteiger partial charge in [0.2, 0.25) is 0 Å². The molecule has 0 spiro atoms. The molecule has 1 aliphatic rings. The fourth-order valence-corrected chi connectivity index (χ4v) is 2.36. The predicted octanol–water partition coefficient (Wildman–Crippen LogP) is 2.61. The molecule has 3 nitrogen and oxygen atoms in total. The first-order valence-corrected chi connectivity index (χ1v) is 6.59. The SMILES string of the molecule is CCC(CCC(=O)O)CCN1CC(CC)C1. The van der Waals surface area contributed by atoms with Crippen molar-refractivity contribution >= 4 is 5.97 Å². The maximum Gasteiger partial charge on any atom is 0.303 e. The van der Waals surface area contributed by atoms with Crippen LogP contribution in [0.25, 0.3) is 0 Å². The molecule has 1 N–H and O–H groups in total. The second-order valence-electron chi connectivity index (χ2n) is 5.03. The van der Waals surface area contributed by atoms with Crippen molar-refractivity contribution in [1.82, 2.24) is 4.90 Å². The lowest BCUT2D eigenvalue weighted by Crippen LogP contribution is -2.46. The Labute approximate surface area is 98.8 Å². The summed E-state index contributed by atoms with van der Waals surface area (Å²) in [5, 5.41) is 8.65. The van der Waals surface area contributed by atoms with E-state index in [-0.39, 0.29) is 0 Å². The molecule has 1 fully saturated rings. The third kappa shape index (κ3) is 4.52. The minimum Gasteiger partial charge on any atom is -0.481 e. The molecule has 0 aromatic carbocycles. The number of hydrogen-bond acceptors (Lipinski definition) is 2. The summed E-state index contributed by atoms with van der Waals surface area (Å²) in [5.74, 6) is 0.851. The largest absolute Gasteiger partial charge is 0.481 e. The van der Waals surface area contributed by atoms with Crippen LogP contribution < -0.4 is 0 Å². The Bertz CT molecular complexity index is 212. The quantitative estimate of drug-likeness (QED) is 0.693. The Morgan fingerprint density at radius 3 is 2.56 bits per heavy atom. The lowest BCUT2D eigenvalue weighted by molar-refractivity contribution is -0.137.